The van der Waals surface area contributed by atoms with Gasteiger partial charge in [-0.3, -0.25) is 0 Å². The Morgan fingerprint density at radius 2 is 2.16 bits per heavy atom. The van der Waals surface area contributed by atoms with Crippen LogP contribution in [0, 0.1) is 6.92 Å². The Balaban J connectivity index is 1.79. The standard InChI is InChI=1S/C15H22N4/c1-12(2)19-15(17-11-18-19)10-16-8-7-14-6-4-5-13(3)9-14/h4-6,9,11-12,16H,7-8,10H2,1-3H3. The van der Waals surface area contributed by atoms with Crippen molar-refractivity contribution in [2.45, 2.75) is 39.8 Å². The van der Waals surface area contributed by atoms with Crippen molar-refractivity contribution < 1.29 is 0 Å². The molecule has 0 unspecified atom stereocenters. The van der Waals surface area contributed by atoms with Gasteiger partial charge in [-0.15, -0.1) is 0 Å². The van der Waals surface area contributed by atoms with Crippen molar-refractivity contribution in [3.63, 3.8) is 0 Å². The van der Waals surface area contributed by atoms with Gasteiger partial charge < -0.3 is 5.32 Å². The van der Waals surface area contributed by atoms with Gasteiger partial charge in [0, 0.05) is 6.04 Å². The van der Waals surface area contributed by atoms with Crippen LogP contribution in [-0.2, 0) is 13.0 Å². The smallest absolute Gasteiger partial charge is 0.141 e. The molecule has 0 saturated heterocycles. The van der Waals surface area contributed by atoms with Crippen LogP contribution in [0.4, 0.5) is 0 Å². The third kappa shape index (κ3) is 3.89. The fourth-order valence-corrected chi connectivity index (χ4v) is 2.13. The van der Waals surface area contributed by atoms with E-state index in [1.165, 1.54) is 11.1 Å². The first-order valence-corrected chi connectivity index (χ1v) is 6.81. The minimum atomic E-state index is 0.357. The monoisotopic (exact) mass is 258 g/mol. The molecule has 2 rings (SSSR count). The lowest BCUT2D eigenvalue weighted by molar-refractivity contribution is 0.490. The summed E-state index contributed by atoms with van der Waals surface area (Å²) in [5, 5.41) is 7.66. The summed E-state index contributed by atoms with van der Waals surface area (Å²) in [5.41, 5.74) is 2.69. The van der Waals surface area contributed by atoms with Crippen molar-refractivity contribution in [2.24, 2.45) is 0 Å². The highest BCUT2D eigenvalue weighted by Crippen LogP contribution is 2.06. The fraction of sp³-hybridized carbons (Fsp3) is 0.467. The molecule has 0 spiro atoms. The molecule has 0 aliphatic carbocycles. The van der Waals surface area contributed by atoms with Gasteiger partial charge >= 0.3 is 0 Å². The Morgan fingerprint density at radius 1 is 1.32 bits per heavy atom. The molecule has 0 atom stereocenters. The quantitative estimate of drug-likeness (QED) is 0.810. The molecule has 1 N–H and O–H groups in total. The van der Waals surface area contributed by atoms with E-state index in [1.807, 2.05) is 4.68 Å². The first-order chi connectivity index (χ1) is 9.16. The lowest BCUT2D eigenvalue weighted by Crippen LogP contribution is -2.20. The predicted octanol–water partition coefficient (Wildman–Crippen LogP) is 2.50. The van der Waals surface area contributed by atoms with Crippen molar-refractivity contribution in [3.05, 3.63) is 47.5 Å². The lowest BCUT2D eigenvalue weighted by atomic mass is 10.1. The second-order valence-electron chi connectivity index (χ2n) is 5.13. The molecular formula is C15H22N4. The number of nitrogens with one attached hydrogen (secondary N) is 1. The summed E-state index contributed by atoms with van der Waals surface area (Å²) in [6.07, 6.45) is 2.66. The summed E-state index contributed by atoms with van der Waals surface area (Å²) in [6, 6.07) is 9.00. The van der Waals surface area contributed by atoms with E-state index in [1.54, 1.807) is 6.33 Å². The number of benzene rings is 1. The van der Waals surface area contributed by atoms with Crippen LogP contribution in [0.1, 0.15) is 36.8 Å². The molecule has 0 radical (unpaired) electrons. The van der Waals surface area contributed by atoms with Crippen molar-refractivity contribution in [3.8, 4) is 0 Å². The zero-order valence-electron chi connectivity index (χ0n) is 11.9. The Labute approximate surface area is 114 Å². The van der Waals surface area contributed by atoms with Gasteiger partial charge in [-0.05, 0) is 39.3 Å². The summed E-state index contributed by atoms with van der Waals surface area (Å²) in [6.45, 7) is 8.08. The number of hydrogen-bond acceptors (Lipinski definition) is 3. The summed E-state index contributed by atoms with van der Waals surface area (Å²) in [4.78, 5) is 4.29. The maximum Gasteiger partial charge on any atom is 0.141 e. The molecule has 0 aliphatic rings. The van der Waals surface area contributed by atoms with Gasteiger partial charge in [-0.25, -0.2) is 9.67 Å². The van der Waals surface area contributed by atoms with Crippen LogP contribution in [0.25, 0.3) is 0 Å². The van der Waals surface area contributed by atoms with E-state index in [-0.39, 0.29) is 0 Å². The highest BCUT2D eigenvalue weighted by Gasteiger charge is 2.06. The Bertz CT molecular complexity index is 516. The molecule has 4 nitrogen and oxygen atoms in total. The number of nitrogens with zero attached hydrogens (tertiary/aromatic N) is 3. The molecule has 2 aromatic rings. The van der Waals surface area contributed by atoms with E-state index in [9.17, 15) is 0 Å². The minimum absolute atomic E-state index is 0.357. The number of hydrogen-bond donors (Lipinski definition) is 1. The third-order valence-corrected chi connectivity index (χ3v) is 3.09. The first-order valence-electron chi connectivity index (χ1n) is 6.81. The second-order valence-corrected chi connectivity index (χ2v) is 5.13. The maximum atomic E-state index is 4.29. The summed E-state index contributed by atoms with van der Waals surface area (Å²) < 4.78 is 1.96. The van der Waals surface area contributed by atoms with Gasteiger partial charge in [0.1, 0.15) is 12.2 Å². The number of rotatable bonds is 6. The lowest BCUT2D eigenvalue weighted by Gasteiger charge is -2.10. The predicted molar refractivity (Wildman–Crippen MR) is 77.0 cm³/mol. The van der Waals surface area contributed by atoms with E-state index in [0.29, 0.717) is 6.04 Å². The molecule has 0 bridgehead atoms. The fourth-order valence-electron chi connectivity index (χ4n) is 2.13. The van der Waals surface area contributed by atoms with Gasteiger partial charge in [0.05, 0.1) is 6.54 Å². The molecule has 0 aliphatic heterocycles. The molecule has 1 aromatic carbocycles. The molecule has 4 heteroatoms. The molecule has 0 saturated carbocycles. The van der Waals surface area contributed by atoms with Crippen LogP contribution >= 0.6 is 0 Å². The topological polar surface area (TPSA) is 42.7 Å². The summed E-state index contributed by atoms with van der Waals surface area (Å²) in [5.74, 6) is 0.999. The molecule has 0 amide bonds. The molecule has 0 fully saturated rings. The highest BCUT2D eigenvalue weighted by atomic mass is 15.3. The molecular weight excluding hydrogens is 236 g/mol. The first kappa shape index (κ1) is 13.7. The van der Waals surface area contributed by atoms with Crippen LogP contribution in [-0.4, -0.2) is 21.3 Å². The van der Waals surface area contributed by atoms with Gasteiger partial charge in [-0.1, -0.05) is 29.8 Å². The van der Waals surface area contributed by atoms with Crippen LogP contribution in [0.3, 0.4) is 0 Å². The minimum Gasteiger partial charge on any atom is -0.310 e. The largest absolute Gasteiger partial charge is 0.310 e. The van der Waals surface area contributed by atoms with Crippen molar-refractivity contribution in [2.75, 3.05) is 6.54 Å². The summed E-state index contributed by atoms with van der Waals surface area (Å²) in [7, 11) is 0. The van der Waals surface area contributed by atoms with Crippen LogP contribution in [0.2, 0.25) is 0 Å². The van der Waals surface area contributed by atoms with Crippen molar-refractivity contribution in [1.29, 1.82) is 0 Å². The van der Waals surface area contributed by atoms with Gasteiger partial charge in [0.25, 0.3) is 0 Å². The highest BCUT2D eigenvalue weighted by molar-refractivity contribution is 5.22. The van der Waals surface area contributed by atoms with Crippen LogP contribution in [0.15, 0.2) is 30.6 Å². The van der Waals surface area contributed by atoms with E-state index in [2.05, 4.69) is 60.4 Å². The molecule has 1 heterocycles. The molecule has 102 valence electrons. The van der Waals surface area contributed by atoms with Gasteiger partial charge in [0.2, 0.25) is 0 Å². The van der Waals surface area contributed by atoms with Crippen molar-refractivity contribution in [1.82, 2.24) is 20.1 Å². The SMILES string of the molecule is Cc1cccc(CCNCc2ncnn2C(C)C)c1. The van der Waals surface area contributed by atoms with E-state index in [0.717, 1.165) is 25.3 Å². The average molecular weight is 258 g/mol. The number of aryl methyl sites for hydroxylation is 1. The third-order valence-electron chi connectivity index (χ3n) is 3.09. The van der Waals surface area contributed by atoms with Crippen LogP contribution < -0.4 is 5.32 Å². The van der Waals surface area contributed by atoms with Crippen molar-refractivity contribution >= 4 is 0 Å². The zero-order chi connectivity index (χ0) is 13.7. The zero-order valence-corrected chi connectivity index (χ0v) is 11.9. The average Bonchev–Trinajstić information content (AvgIpc) is 2.83. The number of aromatic nitrogens is 3. The second kappa shape index (κ2) is 6.48. The molecule has 1 aromatic heterocycles. The van der Waals surface area contributed by atoms with E-state index < -0.39 is 0 Å². The normalized spacial score (nSPS) is 11.2. The Hall–Kier alpha value is -1.68. The molecule has 19 heavy (non-hydrogen) atoms. The maximum absolute atomic E-state index is 4.29. The van der Waals surface area contributed by atoms with E-state index in [4.69, 9.17) is 0 Å². The van der Waals surface area contributed by atoms with Gasteiger partial charge in [-0.2, -0.15) is 5.10 Å². The van der Waals surface area contributed by atoms with Gasteiger partial charge in [0.15, 0.2) is 0 Å². The Kier molecular flexibility index (Phi) is 4.68. The Morgan fingerprint density at radius 3 is 2.89 bits per heavy atom. The summed E-state index contributed by atoms with van der Waals surface area (Å²) >= 11 is 0. The van der Waals surface area contributed by atoms with E-state index >= 15 is 0 Å². The van der Waals surface area contributed by atoms with Crippen LogP contribution in [0.5, 0.6) is 0 Å².